The fraction of sp³-hybridized carbons (Fsp3) is 0.750. The van der Waals surface area contributed by atoms with Gasteiger partial charge in [0.25, 0.3) is 0 Å². The van der Waals surface area contributed by atoms with E-state index in [1.807, 2.05) is 13.0 Å². The van der Waals surface area contributed by atoms with E-state index in [4.69, 9.17) is 5.11 Å². The predicted octanol–water partition coefficient (Wildman–Crippen LogP) is 1.04. The third-order valence-corrected chi connectivity index (χ3v) is 3.30. The van der Waals surface area contributed by atoms with Crippen molar-refractivity contribution in [2.24, 2.45) is 0 Å². The van der Waals surface area contributed by atoms with Gasteiger partial charge in [-0.25, -0.2) is 4.79 Å². The van der Waals surface area contributed by atoms with Crippen molar-refractivity contribution in [2.75, 3.05) is 33.2 Å². The molecule has 0 aromatic heterocycles. The van der Waals surface area contributed by atoms with Crippen molar-refractivity contribution in [1.82, 2.24) is 9.80 Å². The molecule has 1 saturated heterocycles. The molecule has 0 aromatic rings. The second-order valence-electron chi connectivity index (χ2n) is 4.48. The molecule has 1 unspecified atom stereocenters. The van der Waals surface area contributed by atoms with Crippen LogP contribution in [0.1, 0.15) is 20.3 Å². The summed E-state index contributed by atoms with van der Waals surface area (Å²) in [7, 11) is 2.13. The van der Waals surface area contributed by atoms with Crippen LogP contribution in [0.5, 0.6) is 0 Å². The summed E-state index contributed by atoms with van der Waals surface area (Å²) in [5.74, 6) is -0.787. The summed E-state index contributed by atoms with van der Waals surface area (Å²) in [6, 6.07) is 0.553. The molecule has 1 N–H and O–H groups in total. The largest absolute Gasteiger partial charge is 0.478 e. The van der Waals surface area contributed by atoms with Crippen LogP contribution in [0.25, 0.3) is 0 Å². The fourth-order valence-corrected chi connectivity index (χ4v) is 1.91. The lowest BCUT2D eigenvalue weighted by Gasteiger charge is -2.37. The molecule has 1 aliphatic heterocycles. The molecule has 0 radical (unpaired) electrons. The highest BCUT2D eigenvalue weighted by Crippen LogP contribution is 2.08. The molecule has 1 heterocycles. The second kappa shape index (κ2) is 6.01. The van der Waals surface area contributed by atoms with Crippen LogP contribution >= 0.6 is 0 Å². The number of carboxylic acid groups (broad SMARTS) is 1. The molecule has 0 aliphatic carbocycles. The number of rotatable bonds is 4. The SMILES string of the molecule is CCC(=CCN1CCN(C)C(C)C1)C(=O)O. The third-order valence-electron chi connectivity index (χ3n) is 3.30. The van der Waals surface area contributed by atoms with Crippen molar-refractivity contribution >= 4 is 5.97 Å². The summed E-state index contributed by atoms with van der Waals surface area (Å²) in [6.45, 7) is 7.94. The van der Waals surface area contributed by atoms with E-state index in [1.165, 1.54) is 0 Å². The van der Waals surface area contributed by atoms with Crippen LogP contribution in [0, 0.1) is 0 Å². The van der Waals surface area contributed by atoms with E-state index in [2.05, 4.69) is 23.8 Å². The van der Waals surface area contributed by atoms with Gasteiger partial charge in [-0.1, -0.05) is 13.0 Å². The molecule has 0 saturated carbocycles. The Morgan fingerprint density at radius 3 is 2.69 bits per heavy atom. The normalized spacial score (nSPS) is 24.7. The topological polar surface area (TPSA) is 43.8 Å². The summed E-state index contributed by atoms with van der Waals surface area (Å²) in [4.78, 5) is 15.5. The average Bonchev–Trinajstić information content (AvgIpc) is 2.23. The maximum Gasteiger partial charge on any atom is 0.331 e. The van der Waals surface area contributed by atoms with E-state index in [-0.39, 0.29) is 0 Å². The van der Waals surface area contributed by atoms with Gasteiger partial charge >= 0.3 is 5.97 Å². The number of likely N-dealkylation sites (N-methyl/N-ethyl adjacent to an activating group) is 1. The predicted molar refractivity (Wildman–Crippen MR) is 64.5 cm³/mol. The van der Waals surface area contributed by atoms with Crippen LogP contribution < -0.4 is 0 Å². The molecule has 0 bridgehead atoms. The van der Waals surface area contributed by atoms with Crippen LogP contribution in [-0.4, -0.2) is 60.1 Å². The van der Waals surface area contributed by atoms with Gasteiger partial charge < -0.3 is 10.0 Å². The maximum absolute atomic E-state index is 10.8. The van der Waals surface area contributed by atoms with E-state index < -0.39 is 5.97 Å². The van der Waals surface area contributed by atoms with Gasteiger partial charge in [0.1, 0.15) is 0 Å². The Balaban J connectivity index is 2.46. The highest BCUT2D eigenvalue weighted by Gasteiger charge is 2.19. The highest BCUT2D eigenvalue weighted by atomic mass is 16.4. The van der Waals surface area contributed by atoms with Crippen LogP contribution in [0.3, 0.4) is 0 Å². The van der Waals surface area contributed by atoms with Gasteiger partial charge in [0, 0.05) is 37.8 Å². The van der Waals surface area contributed by atoms with Crippen molar-refractivity contribution in [2.45, 2.75) is 26.3 Å². The zero-order valence-corrected chi connectivity index (χ0v) is 10.4. The van der Waals surface area contributed by atoms with E-state index in [0.717, 1.165) is 26.2 Å². The molecular formula is C12H22N2O2. The van der Waals surface area contributed by atoms with Crippen LogP contribution in [-0.2, 0) is 4.79 Å². The first-order chi connectivity index (χ1) is 7.54. The Kier molecular flexibility index (Phi) is 4.96. The smallest absolute Gasteiger partial charge is 0.331 e. The zero-order valence-electron chi connectivity index (χ0n) is 10.4. The molecule has 1 aliphatic rings. The number of hydrogen-bond donors (Lipinski definition) is 1. The second-order valence-corrected chi connectivity index (χ2v) is 4.48. The van der Waals surface area contributed by atoms with Gasteiger partial charge in [-0.15, -0.1) is 0 Å². The number of aliphatic carboxylic acids is 1. The van der Waals surface area contributed by atoms with E-state index >= 15 is 0 Å². The first-order valence-electron chi connectivity index (χ1n) is 5.89. The lowest BCUT2D eigenvalue weighted by Crippen LogP contribution is -2.49. The van der Waals surface area contributed by atoms with Crippen LogP contribution in [0.2, 0.25) is 0 Å². The number of carbonyl (C=O) groups is 1. The Labute approximate surface area is 97.5 Å². The summed E-state index contributed by atoms with van der Waals surface area (Å²) >= 11 is 0. The number of piperazine rings is 1. The van der Waals surface area contributed by atoms with Crippen molar-refractivity contribution in [3.8, 4) is 0 Å². The van der Waals surface area contributed by atoms with Crippen molar-refractivity contribution in [3.05, 3.63) is 11.6 Å². The Bertz CT molecular complexity index is 276. The fourth-order valence-electron chi connectivity index (χ4n) is 1.91. The van der Waals surface area contributed by atoms with Gasteiger partial charge in [0.2, 0.25) is 0 Å². The van der Waals surface area contributed by atoms with Gasteiger partial charge in [-0.3, -0.25) is 4.90 Å². The minimum Gasteiger partial charge on any atom is -0.478 e. The summed E-state index contributed by atoms with van der Waals surface area (Å²) < 4.78 is 0. The van der Waals surface area contributed by atoms with Crippen molar-refractivity contribution < 1.29 is 9.90 Å². The molecule has 0 spiro atoms. The number of hydrogen-bond acceptors (Lipinski definition) is 3. The minimum atomic E-state index is -0.787. The lowest BCUT2D eigenvalue weighted by atomic mass is 10.1. The zero-order chi connectivity index (χ0) is 12.1. The molecule has 16 heavy (non-hydrogen) atoms. The van der Waals surface area contributed by atoms with E-state index in [0.29, 0.717) is 18.0 Å². The summed E-state index contributed by atoms with van der Waals surface area (Å²) in [5.41, 5.74) is 0.520. The Morgan fingerprint density at radius 2 is 2.19 bits per heavy atom. The van der Waals surface area contributed by atoms with Crippen molar-refractivity contribution in [1.29, 1.82) is 0 Å². The molecule has 4 nitrogen and oxygen atoms in total. The molecular weight excluding hydrogens is 204 g/mol. The summed E-state index contributed by atoms with van der Waals surface area (Å²) in [6.07, 6.45) is 2.44. The quantitative estimate of drug-likeness (QED) is 0.728. The molecule has 0 amide bonds. The lowest BCUT2D eigenvalue weighted by molar-refractivity contribution is -0.132. The monoisotopic (exact) mass is 226 g/mol. The van der Waals surface area contributed by atoms with Gasteiger partial charge in [-0.05, 0) is 20.4 Å². The molecule has 4 heteroatoms. The standard InChI is InChI=1S/C12H22N2O2/c1-4-11(12(15)16)5-6-14-8-7-13(3)10(2)9-14/h5,10H,4,6-9H2,1-3H3,(H,15,16). The van der Waals surface area contributed by atoms with E-state index in [1.54, 1.807) is 0 Å². The molecule has 92 valence electrons. The number of carboxylic acids is 1. The third kappa shape index (κ3) is 3.61. The molecule has 1 rings (SSSR count). The van der Waals surface area contributed by atoms with Gasteiger partial charge in [0.15, 0.2) is 0 Å². The maximum atomic E-state index is 10.8. The van der Waals surface area contributed by atoms with Crippen LogP contribution in [0.15, 0.2) is 11.6 Å². The minimum absolute atomic E-state index is 0.520. The Hall–Kier alpha value is -0.870. The number of nitrogens with zero attached hydrogens (tertiary/aromatic N) is 2. The molecule has 0 aromatic carbocycles. The van der Waals surface area contributed by atoms with Gasteiger partial charge in [-0.2, -0.15) is 0 Å². The van der Waals surface area contributed by atoms with Crippen LogP contribution in [0.4, 0.5) is 0 Å². The summed E-state index contributed by atoms with van der Waals surface area (Å²) in [5, 5.41) is 8.90. The molecule has 1 atom stereocenters. The van der Waals surface area contributed by atoms with E-state index in [9.17, 15) is 4.79 Å². The first kappa shape index (κ1) is 13.2. The molecule has 1 fully saturated rings. The Morgan fingerprint density at radius 1 is 1.50 bits per heavy atom. The van der Waals surface area contributed by atoms with Crippen molar-refractivity contribution in [3.63, 3.8) is 0 Å². The highest BCUT2D eigenvalue weighted by molar-refractivity contribution is 5.86. The first-order valence-corrected chi connectivity index (χ1v) is 5.89. The average molecular weight is 226 g/mol. The van der Waals surface area contributed by atoms with Gasteiger partial charge in [0.05, 0.1) is 0 Å².